The number of thiocarbonyl (C=S) groups is 1. The van der Waals surface area contributed by atoms with Crippen molar-refractivity contribution in [2.75, 3.05) is 14.2 Å². The van der Waals surface area contributed by atoms with Crippen LogP contribution in [0, 0.1) is 10.1 Å². The third kappa shape index (κ3) is 3.78. The van der Waals surface area contributed by atoms with Crippen LogP contribution in [-0.4, -0.2) is 30.5 Å². The number of hydrogen-bond acceptors (Lipinski definition) is 6. The maximum atomic E-state index is 11.0. The van der Waals surface area contributed by atoms with Gasteiger partial charge in [-0.05, 0) is 18.3 Å². The molecule has 0 amide bonds. The van der Waals surface area contributed by atoms with Gasteiger partial charge in [0.25, 0.3) is 5.69 Å². The molecule has 0 aliphatic heterocycles. The summed E-state index contributed by atoms with van der Waals surface area (Å²) in [5.41, 5.74) is 7.55. The van der Waals surface area contributed by atoms with Gasteiger partial charge in [0.05, 0.1) is 37.0 Å². The first kappa shape index (κ1) is 14.6. The Hall–Kier alpha value is -2.42. The summed E-state index contributed by atoms with van der Waals surface area (Å²) in [5.74, 6) is 0.610. The number of rotatable bonds is 5. The molecule has 8 nitrogen and oxygen atoms in total. The van der Waals surface area contributed by atoms with Crippen molar-refractivity contribution in [3.63, 3.8) is 0 Å². The molecule has 0 radical (unpaired) electrons. The van der Waals surface area contributed by atoms with Crippen LogP contribution in [0.15, 0.2) is 17.2 Å². The zero-order chi connectivity index (χ0) is 14.4. The van der Waals surface area contributed by atoms with E-state index in [1.165, 1.54) is 32.6 Å². The molecule has 1 aromatic rings. The summed E-state index contributed by atoms with van der Waals surface area (Å²) in [4.78, 5) is 10.4. The Kier molecular flexibility index (Phi) is 5.01. The van der Waals surface area contributed by atoms with E-state index >= 15 is 0 Å². The number of hydrogen-bond donors (Lipinski definition) is 2. The molecule has 0 heterocycles. The number of benzene rings is 1. The van der Waals surface area contributed by atoms with Crippen molar-refractivity contribution in [2.24, 2.45) is 10.8 Å². The number of nitrogens with two attached hydrogens (primary N) is 1. The average Bonchev–Trinajstić information content (AvgIpc) is 2.37. The highest BCUT2D eigenvalue weighted by atomic mass is 32.1. The largest absolute Gasteiger partial charge is 0.493 e. The number of hydrazone groups is 1. The average molecular weight is 284 g/mol. The molecule has 0 unspecified atom stereocenters. The third-order valence-corrected chi connectivity index (χ3v) is 2.20. The molecule has 3 N–H and O–H groups in total. The lowest BCUT2D eigenvalue weighted by atomic mass is 10.1. The van der Waals surface area contributed by atoms with Crippen molar-refractivity contribution < 1.29 is 14.4 Å². The van der Waals surface area contributed by atoms with E-state index in [-0.39, 0.29) is 22.1 Å². The predicted octanol–water partition coefficient (Wildman–Crippen LogP) is 0.779. The molecule has 0 fully saturated rings. The molecular weight excluding hydrogens is 272 g/mol. The minimum Gasteiger partial charge on any atom is -0.493 e. The molecule has 0 saturated carbocycles. The summed E-state index contributed by atoms with van der Waals surface area (Å²) < 4.78 is 10.1. The molecule has 19 heavy (non-hydrogen) atoms. The molecule has 1 aromatic carbocycles. The van der Waals surface area contributed by atoms with Crippen molar-refractivity contribution in [1.82, 2.24) is 5.43 Å². The van der Waals surface area contributed by atoms with Crippen LogP contribution in [-0.2, 0) is 0 Å². The molecule has 0 aliphatic rings. The molecule has 0 saturated heterocycles. The van der Waals surface area contributed by atoms with Crippen LogP contribution in [0.1, 0.15) is 5.56 Å². The first-order valence-corrected chi connectivity index (χ1v) is 5.39. The quantitative estimate of drug-likeness (QED) is 0.355. The minimum atomic E-state index is -0.552. The number of nitro benzene ring substituents is 1. The first-order chi connectivity index (χ1) is 8.99. The smallest absolute Gasteiger partial charge is 0.282 e. The Bertz CT molecular complexity index is 533. The van der Waals surface area contributed by atoms with E-state index in [4.69, 9.17) is 15.2 Å². The Morgan fingerprint density at radius 1 is 1.47 bits per heavy atom. The Labute approximate surface area is 114 Å². The topological polar surface area (TPSA) is 112 Å². The molecule has 0 aliphatic carbocycles. The van der Waals surface area contributed by atoms with E-state index in [9.17, 15) is 10.1 Å². The normalized spacial score (nSPS) is 10.2. The van der Waals surface area contributed by atoms with Crippen LogP contribution in [0.5, 0.6) is 11.5 Å². The van der Waals surface area contributed by atoms with Crippen molar-refractivity contribution in [3.05, 3.63) is 27.8 Å². The highest BCUT2D eigenvalue weighted by Gasteiger charge is 2.18. The maximum Gasteiger partial charge on any atom is 0.282 e. The van der Waals surface area contributed by atoms with Gasteiger partial charge in [0.2, 0.25) is 0 Å². The molecule has 0 atom stereocenters. The predicted molar refractivity (Wildman–Crippen MR) is 73.7 cm³/mol. The van der Waals surface area contributed by atoms with Crippen LogP contribution in [0.25, 0.3) is 0 Å². The van der Waals surface area contributed by atoms with Gasteiger partial charge in [0.15, 0.2) is 16.6 Å². The number of nitro groups is 1. The Balaban J connectivity index is 3.23. The van der Waals surface area contributed by atoms with Crippen LogP contribution in [0.2, 0.25) is 0 Å². The highest BCUT2D eigenvalue weighted by molar-refractivity contribution is 7.80. The fraction of sp³-hybridized carbons (Fsp3) is 0.200. The van der Waals surface area contributed by atoms with Gasteiger partial charge in [0, 0.05) is 0 Å². The van der Waals surface area contributed by atoms with Gasteiger partial charge in [-0.3, -0.25) is 15.5 Å². The van der Waals surface area contributed by atoms with E-state index in [0.717, 1.165) is 0 Å². The number of ether oxygens (including phenoxy) is 2. The monoisotopic (exact) mass is 284 g/mol. The number of methoxy groups -OCH3 is 2. The second kappa shape index (κ2) is 6.50. The molecule has 9 heteroatoms. The lowest BCUT2D eigenvalue weighted by Gasteiger charge is -2.08. The van der Waals surface area contributed by atoms with Crippen LogP contribution >= 0.6 is 12.2 Å². The van der Waals surface area contributed by atoms with Crippen LogP contribution in [0.4, 0.5) is 5.69 Å². The summed E-state index contributed by atoms with van der Waals surface area (Å²) in [5, 5.41) is 14.6. The summed E-state index contributed by atoms with van der Waals surface area (Å²) in [7, 11) is 2.82. The summed E-state index contributed by atoms with van der Waals surface area (Å²) in [6.07, 6.45) is 1.22. The SMILES string of the molecule is COc1cc(/C=N/NC(N)=S)c([N+](=O)[O-])cc1OC. The van der Waals surface area contributed by atoms with E-state index in [2.05, 4.69) is 22.7 Å². The third-order valence-electron chi connectivity index (χ3n) is 2.11. The Morgan fingerprint density at radius 2 is 2.05 bits per heavy atom. The first-order valence-electron chi connectivity index (χ1n) is 4.98. The fourth-order valence-corrected chi connectivity index (χ4v) is 1.36. The van der Waals surface area contributed by atoms with E-state index in [1.807, 2.05) is 0 Å². The van der Waals surface area contributed by atoms with E-state index in [0.29, 0.717) is 5.75 Å². The Morgan fingerprint density at radius 3 is 2.53 bits per heavy atom. The van der Waals surface area contributed by atoms with Gasteiger partial charge < -0.3 is 15.2 Å². The standard InChI is InChI=1S/C10H12N4O4S/c1-17-8-3-6(5-12-13-10(11)19)7(14(15)16)4-9(8)18-2/h3-5H,1-2H3,(H3,11,13,19)/b12-5+. The maximum absolute atomic E-state index is 11.0. The highest BCUT2D eigenvalue weighted by Crippen LogP contribution is 2.33. The van der Waals surface area contributed by atoms with Crippen molar-refractivity contribution in [3.8, 4) is 11.5 Å². The number of nitrogens with zero attached hydrogens (tertiary/aromatic N) is 2. The zero-order valence-electron chi connectivity index (χ0n) is 10.2. The summed E-state index contributed by atoms with van der Waals surface area (Å²) >= 11 is 4.56. The zero-order valence-corrected chi connectivity index (χ0v) is 11.1. The van der Waals surface area contributed by atoms with E-state index in [1.54, 1.807) is 0 Å². The van der Waals surface area contributed by atoms with Gasteiger partial charge in [-0.25, -0.2) is 0 Å². The minimum absolute atomic E-state index is 0.0422. The molecule has 0 bridgehead atoms. The lowest BCUT2D eigenvalue weighted by molar-refractivity contribution is -0.385. The summed E-state index contributed by atoms with van der Waals surface area (Å²) in [6, 6.07) is 2.68. The van der Waals surface area contributed by atoms with Gasteiger partial charge in [-0.15, -0.1) is 0 Å². The van der Waals surface area contributed by atoms with Gasteiger partial charge in [-0.2, -0.15) is 5.10 Å². The molecule has 0 aromatic heterocycles. The van der Waals surface area contributed by atoms with Crippen molar-refractivity contribution in [2.45, 2.75) is 0 Å². The van der Waals surface area contributed by atoms with Gasteiger partial charge in [-0.1, -0.05) is 0 Å². The molecule has 102 valence electrons. The van der Waals surface area contributed by atoms with Gasteiger partial charge >= 0.3 is 0 Å². The van der Waals surface area contributed by atoms with Crippen LogP contribution in [0.3, 0.4) is 0 Å². The van der Waals surface area contributed by atoms with Gasteiger partial charge in [0.1, 0.15) is 0 Å². The van der Waals surface area contributed by atoms with Crippen LogP contribution < -0.4 is 20.6 Å². The number of nitrogens with one attached hydrogen (secondary N) is 1. The summed E-state index contributed by atoms with van der Waals surface area (Å²) in [6.45, 7) is 0. The van der Waals surface area contributed by atoms with E-state index < -0.39 is 4.92 Å². The second-order valence-corrected chi connectivity index (χ2v) is 3.70. The molecule has 0 spiro atoms. The molecular formula is C10H12N4O4S. The molecule has 1 rings (SSSR count). The van der Waals surface area contributed by atoms with Crippen molar-refractivity contribution in [1.29, 1.82) is 0 Å². The van der Waals surface area contributed by atoms with Crippen molar-refractivity contribution >= 4 is 29.2 Å². The second-order valence-electron chi connectivity index (χ2n) is 3.26. The fourth-order valence-electron chi connectivity index (χ4n) is 1.31. The lowest BCUT2D eigenvalue weighted by Crippen LogP contribution is -2.24.